The molecule has 1 heterocycles. The molecule has 0 radical (unpaired) electrons. The van der Waals surface area contributed by atoms with Crippen LogP contribution in [0.25, 0.3) is 0 Å². The third-order valence-electron chi connectivity index (χ3n) is 3.38. The standard InChI is InChI=1S/C14H13BNO2/c17-14-11-16-15(18-14,12-7-3-1-4-8-12)13-9-5-2-6-10-13/h1-10,16H,11H2/q-1. The molecule has 1 saturated heterocycles. The number of carbonyl (C=O) groups is 1. The van der Waals surface area contributed by atoms with Crippen molar-refractivity contribution in [3.63, 3.8) is 0 Å². The first-order valence-corrected chi connectivity index (χ1v) is 6.04. The number of rotatable bonds is 2. The summed E-state index contributed by atoms with van der Waals surface area (Å²) in [5.74, 6) is -0.206. The van der Waals surface area contributed by atoms with Gasteiger partial charge in [0.25, 0.3) is 12.5 Å². The Kier molecular flexibility index (Phi) is 2.65. The number of nitrogens with one attached hydrogen (secondary N) is 1. The van der Waals surface area contributed by atoms with Crippen molar-refractivity contribution < 1.29 is 9.45 Å². The van der Waals surface area contributed by atoms with Crippen LogP contribution in [-0.2, 0) is 9.45 Å². The van der Waals surface area contributed by atoms with Crippen LogP contribution >= 0.6 is 0 Å². The number of hydrogen-bond donors (Lipinski definition) is 1. The summed E-state index contributed by atoms with van der Waals surface area (Å²) in [5, 5.41) is 3.24. The van der Waals surface area contributed by atoms with E-state index in [0.29, 0.717) is 0 Å². The molecule has 1 fully saturated rings. The lowest BCUT2D eigenvalue weighted by Crippen LogP contribution is -2.67. The first-order valence-electron chi connectivity index (χ1n) is 6.04. The van der Waals surface area contributed by atoms with Gasteiger partial charge < -0.3 is 9.88 Å². The molecule has 0 unspecified atom stereocenters. The zero-order valence-corrected chi connectivity index (χ0v) is 9.87. The van der Waals surface area contributed by atoms with E-state index in [1.54, 1.807) is 0 Å². The summed E-state index contributed by atoms with van der Waals surface area (Å²) in [7, 11) is 0. The number of benzene rings is 2. The summed E-state index contributed by atoms with van der Waals surface area (Å²) in [5.41, 5.74) is 1.99. The molecule has 0 saturated carbocycles. The van der Waals surface area contributed by atoms with E-state index in [1.807, 2.05) is 60.7 Å². The Balaban J connectivity index is 2.14. The topological polar surface area (TPSA) is 38.3 Å². The highest BCUT2D eigenvalue weighted by Crippen LogP contribution is 2.09. The van der Waals surface area contributed by atoms with E-state index in [0.717, 1.165) is 10.9 Å². The lowest BCUT2D eigenvalue weighted by molar-refractivity contribution is -0.131. The largest absolute Gasteiger partial charge is 0.667 e. The van der Waals surface area contributed by atoms with Crippen molar-refractivity contribution in [1.82, 2.24) is 5.23 Å². The number of carbonyl (C=O) groups excluding carboxylic acids is 1. The fourth-order valence-electron chi connectivity index (χ4n) is 2.52. The molecule has 0 bridgehead atoms. The molecule has 4 heteroatoms. The Labute approximate surface area is 106 Å². The molecule has 2 aromatic rings. The highest BCUT2D eigenvalue weighted by Gasteiger charge is 2.37. The van der Waals surface area contributed by atoms with Crippen LogP contribution < -0.4 is 16.2 Å². The van der Waals surface area contributed by atoms with Crippen LogP contribution in [0.1, 0.15) is 0 Å². The molecule has 18 heavy (non-hydrogen) atoms. The van der Waals surface area contributed by atoms with E-state index < -0.39 is 6.48 Å². The van der Waals surface area contributed by atoms with Gasteiger partial charge in [0.05, 0.1) is 6.54 Å². The number of hydrogen-bond acceptors (Lipinski definition) is 3. The Hall–Kier alpha value is -2.07. The van der Waals surface area contributed by atoms with Crippen LogP contribution in [-0.4, -0.2) is 19.0 Å². The minimum Gasteiger partial charge on any atom is -0.667 e. The van der Waals surface area contributed by atoms with Gasteiger partial charge in [0.1, 0.15) is 0 Å². The maximum Gasteiger partial charge on any atom is 0.293 e. The molecule has 0 atom stereocenters. The van der Waals surface area contributed by atoms with Gasteiger partial charge in [-0.05, 0) is 0 Å². The predicted octanol–water partition coefficient (Wildman–Crippen LogP) is 0.389. The molecular weight excluding hydrogens is 225 g/mol. The molecule has 90 valence electrons. The van der Waals surface area contributed by atoms with Crippen molar-refractivity contribution in [2.24, 2.45) is 0 Å². The molecule has 0 aliphatic carbocycles. The third-order valence-corrected chi connectivity index (χ3v) is 3.38. The van der Waals surface area contributed by atoms with E-state index in [-0.39, 0.29) is 12.5 Å². The van der Waals surface area contributed by atoms with Crippen LogP contribution in [0.2, 0.25) is 0 Å². The summed E-state index contributed by atoms with van der Waals surface area (Å²) >= 11 is 0. The fourth-order valence-corrected chi connectivity index (χ4v) is 2.52. The average Bonchev–Trinajstić information content (AvgIpc) is 2.84. The summed E-state index contributed by atoms with van der Waals surface area (Å²) < 4.78 is 5.63. The quantitative estimate of drug-likeness (QED) is 0.769. The summed E-state index contributed by atoms with van der Waals surface area (Å²) in [6.45, 7) is -1.36. The average molecular weight is 238 g/mol. The van der Waals surface area contributed by atoms with Crippen molar-refractivity contribution in [3.8, 4) is 0 Å². The maximum atomic E-state index is 11.5. The smallest absolute Gasteiger partial charge is 0.293 e. The Morgan fingerprint density at radius 2 is 1.39 bits per heavy atom. The monoisotopic (exact) mass is 238 g/mol. The van der Waals surface area contributed by atoms with Gasteiger partial charge in [-0.2, -0.15) is 0 Å². The lowest BCUT2D eigenvalue weighted by Gasteiger charge is -2.36. The van der Waals surface area contributed by atoms with Crippen LogP contribution in [0.4, 0.5) is 0 Å². The van der Waals surface area contributed by atoms with Crippen molar-refractivity contribution in [1.29, 1.82) is 0 Å². The van der Waals surface area contributed by atoms with Crippen molar-refractivity contribution >= 4 is 23.4 Å². The van der Waals surface area contributed by atoms with Gasteiger partial charge in [-0.3, -0.25) is 4.79 Å². The molecule has 2 aromatic carbocycles. The molecule has 3 nitrogen and oxygen atoms in total. The fraction of sp³-hybridized carbons (Fsp3) is 0.0714. The molecular formula is C14H13BNO2-. The van der Waals surface area contributed by atoms with Crippen molar-refractivity contribution in [2.75, 3.05) is 6.54 Å². The van der Waals surface area contributed by atoms with Gasteiger partial charge in [-0.1, -0.05) is 60.7 Å². The van der Waals surface area contributed by atoms with Crippen molar-refractivity contribution in [3.05, 3.63) is 60.7 Å². The van der Waals surface area contributed by atoms with Crippen LogP contribution in [0.3, 0.4) is 0 Å². The Morgan fingerprint density at radius 1 is 0.889 bits per heavy atom. The van der Waals surface area contributed by atoms with Gasteiger partial charge >= 0.3 is 0 Å². The SMILES string of the molecule is O=C1CN[B-](c2ccccc2)(c2ccccc2)O1. The summed E-state index contributed by atoms with van der Waals surface area (Å²) in [6.07, 6.45) is 0. The zero-order chi connectivity index (χ0) is 12.4. The lowest BCUT2D eigenvalue weighted by atomic mass is 9.42. The Morgan fingerprint density at radius 3 is 1.78 bits per heavy atom. The second-order valence-corrected chi connectivity index (χ2v) is 4.48. The predicted molar refractivity (Wildman–Crippen MR) is 72.0 cm³/mol. The second-order valence-electron chi connectivity index (χ2n) is 4.48. The molecule has 1 N–H and O–H groups in total. The zero-order valence-electron chi connectivity index (χ0n) is 9.87. The summed E-state index contributed by atoms with van der Waals surface area (Å²) in [4.78, 5) is 11.5. The van der Waals surface area contributed by atoms with E-state index in [9.17, 15) is 4.79 Å². The normalized spacial score (nSPS) is 17.4. The van der Waals surface area contributed by atoms with E-state index in [4.69, 9.17) is 4.65 Å². The van der Waals surface area contributed by atoms with Gasteiger partial charge in [0.15, 0.2) is 0 Å². The molecule has 0 amide bonds. The van der Waals surface area contributed by atoms with Gasteiger partial charge in [0.2, 0.25) is 0 Å². The van der Waals surface area contributed by atoms with E-state index >= 15 is 0 Å². The molecule has 1 aliphatic rings. The van der Waals surface area contributed by atoms with E-state index in [1.165, 1.54) is 0 Å². The van der Waals surface area contributed by atoms with Gasteiger partial charge in [0, 0.05) is 0 Å². The third kappa shape index (κ3) is 1.71. The minimum atomic E-state index is -1.61. The highest BCUT2D eigenvalue weighted by molar-refractivity contribution is 6.97. The van der Waals surface area contributed by atoms with Crippen molar-refractivity contribution in [2.45, 2.75) is 0 Å². The first kappa shape index (κ1) is 11.0. The first-order chi connectivity index (χ1) is 8.81. The van der Waals surface area contributed by atoms with Crippen LogP contribution in [0.5, 0.6) is 0 Å². The van der Waals surface area contributed by atoms with Crippen LogP contribution in [0.15, 0.2) is 60.7 Å². The molecule has 1 aliphatic heterocycles. The van der Waals surface area contributed by atoms with Crippen LogP contribution in [0, 0.1) is 0 Å². The molecule has 0 aromatic heterocycles. The highest BCUT2D eigenvalue weighted by atomic mass is 16.5. The second kappa shape index (κ2) is 4.31. The van der Waals surface area contributed by atoms with E-state index in [2.05, 4.69) is 5.23 Å². The minimum absolute atomic E-state index is 0.206. The Bertz CT molecular complexity index is 517. The maximum absolute atomic E-state index is 11.5. The summed E-state index contributed by atoms with van der Waals surface area (Å²) in [6, 6.07) is 19.7. The van der Waals surface area contributed by atoms with Gasteiger partial charge in [-0.25, -0.2) is 0 Å². The molecule has 0 spiro atoms. The van der Waals surface area contributed by atoms with Gasteiger partial charge in [-0.15, -0.1) is 10.9 Å². The molecule has 3 rings (SSSR count).